The molecule has 1 fully saturated rings. The lowest BCUT2D eigenvalue weighted by molar-refractivity contribution is -0.128. The Balaban J connectivity index is 1.90. The van der Waals surface area contributed by atoms with Crippen LogP contribution in [0.1, 0.15) is 18.4 Å². The van der Waals surface area contributed by atoms with E-state index >= 15 is 0 Å². The molecule has 6 nitrogen and oxygen atoms in total. The molecule has 0 spiro atoms. The molecule has 0 aromatic heterocycles. The molecule has 136 valence electrons. The number of benzene rings is 2. The third-order valence-electron chi connectivity index (χ3n) is 4.17. The average Bonchev–Trinajstić information content (AvgIpc) is 3.00. The molecule has 1 N–H and O–H groups in total. The largest absolute Gasteiger partial charge is 0.323 e. The smallest absolute Gasteiger partial charge is 0.267 e. The summed E-state index contributed by atoms with van der Waals surface area (Å²) in [5.41, 5.74) is 1.26. The predicted molar refractivity (Wildman–Crippen MR) is 98.3 cm³/mol. The number of para-hydroxylation sites is 1. The van der Waals surface area contributed by atoms with Gasteiger partial charge in [0.2, 0.25) is 11.8 Å². The highest BCUT2D eigenvalue weighted by Gasteiger charge is 2.44. The van der Waals surface area contributed by atoms with Crippen molar-refractivity contribution in [3.05, 3.63) is 59.1 Å². The molecule has 1 atom stereocenters. The first kappa shape index (κ1) is 18.4. The molecule has 0 unspecified atom stereocenters. The molecule has 2 amide bonds. The Labute approximate surface area is 156 Å². The lowest BCUT2D eigenvalue weighted by atomic mass is 10.2. The molecular weight excluding hydrogens is 376 g/mol. The second kappa shape index (κ2) is 7.09. The van der Waals surface area contributed by atoms with Gasteiger partial charge in [-0.2, -0.15) is 0 Å². The second-order valence-corrected chi connectivity index (χ2v) is 8.25. The number of aryl methyl sites for hydroxylation is 1. The number of amides is 2. The Kier molecular flexibility index (Phi) is 5.02. The minimum absolute atomic E-state index is 0.00823. The van der Waals surface area contributed by atoms with Crippen LogP contribution in [0.25, 0.3) is 0 Å². The number of halogens is 1. The summed E-state index contributed by atoms with van der Waals surface area (Å²) in [4.78, 5) is 24.8. The summed E-state index contributed by atoms with van der Waals surface area (Å²) in [5.74, 6) is -1.18. The topological polar surface area (TPSA) is 83.6 Å². The number of carbonyl (C=O) groups is 2. The summed E-state index contributed by atoms with van der Waals surface area (Å²) in [6.45, 7) is 1.83. The zero-order chi connectivity index (χ0) is 18.9. The number of nitrogens with one attached hydrogen (secondary N) is 1. The summed E-state index contributed by atoms with van der Waals surface area (Å²) >= 11 is 6.03. The van der Waals surface area contributed by atoms with Crippen LogP contribution in [-0.4, -0.2) is 30.6 Å². The highest BCUT2D eigenvalue weighted by molar-refractivity contribution is 7.89. The fourth-order valence-electron chi connectivity index (χ4n) is 2.80. The number of sulfonamides is 1. The third kappa shape index (κ3) is 3.45. The van der Waals surface area contributed by atoms with Crippen molar-refractivity contribution in [2.45, 2.75) is 30.7 Å². The zero-order valence-electron chi connectivity index (χ0n) is 14.0. The molecule has 0 saturated carbocycles. The van der Waals surface area contributed by atoms with Crippen molar-refractivity contribution in [1.82, 2.24) is 4.31 Å². The van der Waals surface area contributed by atoms with Gasteiger partial charge in [-0.25, -0.2) is 12.7 Å². The second-order valence-electron chi connectivity index (χ2n) is 6.03. The summed E-state index contributed by atoms with van der Waals surface area (Å²) in [6, 6.07) is 11.7. The van der Waals surface area contributed by atoms with E-state index in [4.69, 9.17) is 11.6 Å². The van der Waals surface area contributed by atoms with Gasteiger partial charge in [0.15, 0.2) is 0 Å². The first-order valence-electron chi connectivity index (χ1n) is 8.00. The predicted octanol–water partition coefficient (Wildman–Crippen LogP) is 2.97. The van der Waals surface area contributed by atoms with E-state index < -0.39 is 27.9 Å². The Hall–Kier alpha value is -2.38. The standard InChI is InChI=1S/C18H17ClN2O4S/c1-12-6-8-13(9-7-12)26(24,25)21-16(10-11-17(21)22)18(23)20-15-5-3-2-4-14(15)19/h2-9,16H,10-11H2,1H3,(H,20,23)/t16-/m1/s1. The lowest BCUT2D eigenvalue weighted by Crippen LogP contribution is -2.45. The maximum Gasteiger partial charge on any atom is 0.267 e. The Bertz CT molecular complexity index is 957. The quantitative estimate of drug-likeness (QED) is 0.867. The Morgan fingerprint density at radius 1 is 1.15 bits per heavy atom. The zero-order valence-corrected chi connectivity index (χ0v) is 15.5. The molecule has 1 aliphatic heterocycles. The molecule has 3 rings (SSSR count). The van der Waals surface area contributed by atoms with Gasteiger partial charge in [-0.05, 0) is 37.6 Å². The first-order chi connectivity index (χ1) is 12.3. The molecule has 0 bridgehead atoms. The van der Waals surface area contributed by atoms with Crippen LogP contribution < -0.4 is 5.32 Å². The molecule has 1 aliphatic rings. The van der Waals surface area contributed by atoms with Crippen molar-refractivity contribution in [3.63, 3.8) is 0 Å². The van der Waals surface area contributed by atoms with E-state index in [9.17, 15) is 18.0 Å². The molecule has 8 heteroatoms. The van der Waals surface area contributed by atoms with E-state index in [1.165, 1.54) is 12.1 Å². The molecule has 26 heavy (non-hydrogen) atoms. The molecule has 2 aromatic carbocycles. The van der Waals surface area contributed by atoms with Crippen molar-refractivity contribution < 1.29 is 18.0 Å². The van der Waals surface area contributed by atoms with Crippen LogP contribution >= 0.6 is 11.6 Å². The number of carbonyl (C=O) groups excluding carboxylic acids is 2. The van der Waals surface area contributed by atoms with Crippen molar-refractivity contribution >= 4 is 39.1 Å². The van der Waals surface area contributed by atoms with Gasteiger partial charge >= 0.3 is 0 Å². The van der Waals surface area contributed by atoms with Gasteiger partial charge < -0.3 is 5.32 Å². The molecule has 1 saturated heterocycles. The fourth-order valence-corrected chi connectivity index (χ4v) is 4.59. The first-order valence-corrected chi connectivity index (χ1v) is 9.82. The number of hydrogen-bond acceptors (Lipinski definition) is 4. The van der Waals surface area contributed by atoms with Gasteiger partial charge in [0.1, 0.15) is 6.04 Å². The van der Waals surface area contributed by atoms with Gasteiger partial charge in [0.25, 0.3) is 10.0 Å². The van der Waals surface area contributed by atoms with Crippen molar-refractivity contribution in [2.24, 2.45) is 0 Å². The normalized spacial score (nSPS) is 17.4. The average molecular weight is 393 g/mol. The fraction of sp³-hybridized carbons (Fsp3) is 0.222. The lowest BCUT2D eigenvalue weighted by Gasteiger charge is -2.24. The molecule has 0 radical (unpaired) electrons. The van der Waals surface area contributed by atoms with Gasteiger partial charge in [-0.15, -0.1) is 0 Å². The number of rotatable bonds is 4. The highest BCUT2D eigenvalue weighted by Crippen LogP contribution is 2.29. The van der Waals surface area contributed by atoms with Crippen LogP contribution in [0, 0.1) is 6.92 Å². The highest BCUT2D eigenvalue weighted by atomic mass is 35.5. The maximum atomic E-state index is 12.9. The van der Waals surface area contributed by atoms with E-state index in [2.05, 4.69) is 5.32 Å². The van der Waals surface area contributed by atoms with E-state index in [-0.39, 0.29) is 17.7 Å². The molecular formula is C18H17ClN2O4S. The number of hydrogen-bond donors (Lipinski definition) is 1. The van der Waals surface area contributed by atoms with Crippen LogP contribution in [0.2, 0.25) is 5.02 Å². The van der Waals surface area contributed by atoms with Crippen molar-refractivity contribution in [3.8, 4) is 0 Å². The summed E-state index contributed by atoms with van der Waals surface area (Å²) in [5, 5.41) is 2.94. The number of anilines is 1. The number of nitrogens with zero attached hydrogens (tertiary/aromatic N) is 1. The van der Waals surface area contributed by atoms with Crippen molar-refractivity contribution in [2.75, 3.05) is 5.32 Å². The van der Waals surface area contributed by atoms with Gasteiger partial charge in [0.05, 0.1) is 15.6 Å². The summed E-state index contributed by atoms with van der Waals surface area (Å²) in [6.07, 6.45) is 0.117. The van der Waals surface area contributed by atoms with Crippen LogP contribution in [0.4, 0.5) is 5.69 Å². The maximum absolute atomic E-state index is 12.9. The van der Waals surface area contributed by atoms with Gasteiger partial charge in [-0.3, -0.25) is 9.59 Å². The van der Waals surface area contributed by atoms with Gasteiger partial charge in [-0.1, -0.05) is 41.4 Å². The summed E-state index contributed by atoms with van der Waals surface area (Å²) in [7, 11) is -4.11. The van der Waals surface area contributed by atoms with E-state index in [1.54, 1.807) is 36.4 Å². The minimum atomic E-state index is -4.11. The van der Waals surface area contributed by atoms with E-state index in [1.807, 2.05) is 6.92 Å². The van der Waals surface area contributed by atoms with E-state index in [0.29, 0.717) is 15.0 Å². The van der Waals surface area contributed by atoms with Crippen LogP contribution in [-0.2, 0) is 19.6 Å². The van der Waals surface area contributed by atoms with Crippen LogP contribution in [0.3, 0.4) is 0 Å². The van der Waals surface area contributed by atoms with Gasteiger partial charge in [0, 0.05) is 6.42 Å². The molecule has 1 heterocycles. The monoisotopic (exact) mass is 392 g/mol. The molecule has 2 aromatic rings. The Morgan fingerprint density at radius 3 is 2.46 bits per heavy atom. The SMILES string of the molecule is Cc1ccc(S(=O)(=O)N2C(=O)CC[C@@H]2C(=O)Nc2ccccc2Cl)cc1. The van der Waals surface area contributed by atoms with Crippen LogP contribution in [0.15, 0.2) is 53.4 Å². The van der Waals surface area contributed by atoms with Crippen molar-refractivity contribution in [1.29, 1.82) is 0 Å². The van der Waals surface area contributed by atoms with E-state index in [0.717, 1.165) is 5.56 Å². The summed E-state index contributed by atoms with van der Waals surface area (Å²) < 4.78 is 26.5. The van der Waals surface area contributed by atoms with Crippen LogP contribution in [0.5, 0.6) is 0 Å². The molecule has 0 aliphatic carbocycles. The third-order valence-corrected chi connectivity index (χ3v) is 6.35. The minimum Gasteiger partial charge on any atom is -0.323 e. The Morgan fingerprint density at radius 2 is 1.81 bits per heavy atom.